The van der Waals surface area contributed by atoms with E-state index >= 15 is 0 Å². The maximum Gasteiger partial charge on any atom is -0.000604 e. The van der Waals surface area contributed by atoms with Gasteiger partial charge in [0.15, 0.2) is 0 Å². The molecule has 0 aromatic carbocycles. The zero-order chi connectivity index (χ0) is 10.8. The summed E-state index contributed by atoms with van der Waals surface area (Å²) >= 11 is 0. The standard InChI is InChI=1S/C15H24/c1-10-7-8-15-11(2)5-6-12(9-13(10)15)14(15,3)4/h5,10,12-13H,6-9H2,1-4H3/t10-,12+,13-,15-/m0/s1. The van der Waals surface area contributed by atoms with Gasteiger partial charge in [-0.25, -0.2) is 0 Å². The van der Waals surface area contributed by atoms with E-state index in [1.165, 1.54) is 25.7 Å². The van der Waals surface area contributed by atoms with Gasteiger partial charge in [0.2, 0.25) is 0 Å². The predicted octanol–water partition coefficient (Wildman–Crippen LogP) is 4.42. The summed E-state index contributed by atoms with van der Waals surface area (Å²) in [5, 5.41) is 0. The summed E-state index contributed by atoms with van der Waals surface area (Å²) in [6.45, 7) is 10.00. The van der Waals surface area contributed by atoms with Gasteiger partial charge < -0.3 is 0 Å². The zero-order valence-electron chi connectivity index (χ0n) is 10.6. The number of hydrogen-bond donors (Lipinski definition) is 0. The maximum atomic E-state index is 2.56. The first kappa shape index (κ1) is 9.93. The van der Waals surface area contributed by atoms with E-state index in [1.807, 2.05) is 0 Å². The molecular weight excluding hydrogens is 180 g/mol. The Kier molecular flexibility index (Phi) is 1.79. The number of hydrogen-bond acceptors (Lipinski definition) is 0. The molecule has 3 aliphatic carbocycles. The molecule has 0 amide bonds. The Labute approximate surface area is 94.1 Å². The van der Waals surface area contributed by atoms with Gasteiger partial charge in [-0.15, -0.1) is 0 Å². The van der Waals surface area contributed by atoms with Gasteiger partial charge >= 0.3 is 0 Å². The monoisotopic (exact) mass is 204 g/mol. The fourth-order valence-electron chi connectivity index (χ4n) is 5.42. The molecule has 0 saturated heterocycles. The van der Waals surface area contributed by atoms with Gasteiger partial charge in [-0.2, -0.15) is 0 Å². The third-order valence-electron chi connectivity index (χ3n) is 6.43. The van der Waals surface area contributed by atoms with Crippen molar-refractivity contribution in [3.8, 4) is 0 Å². The molecule has 0 N–H and O–H groups in total. The Hall–Kier alpha value is -0.260. The molecule has 0 heteroatoms. The van der Waals surface area contributed by atoms with Crippen LogP contribution in [0.25, 0.3) is 0 Å². The molecule has 0 heterocycles. The Morgan fingerprint density at radius 2 is 2.07 bits per heavy atom. The normalized spacial score (nSPS) is 51.5. The highest BCUT2D eigenvalue weighted by Gasteiger charge is 2.64. The van der Waals surface area contributed by atoms with E-state index in [0.717, 1.165) is 17.8 Å². The minimum Gasteiger partial charge on any atom is -0.0847 e. The molecule has 0 aromatic rings. The van der Waals surface area contributed by atoms with Crippen LogP contribution in [0.4, 0.5) is 0 Å². The van der Waals surface area contributed by atoms with Crippen LogP contribution in [0.2, 0.25) is 0 Å². The molecule has 84 valence electrons. The van der Waals surface area contributed by atoms with Crippen molar-refractivity contribution in [1.29, 1.82) is 0 Å². The van der Waals surface area contributed by atoms with Crippen LogP contribution < -0.4 is 0 Å². The summed E-state index contributed by atoms with van der Waals surface area (Å²) in [5.41, 5.74) is 2.90. The van der Waals surface area contributed by atoms with Crippen LogP contribution in [0.15, 0.2) is 11.6 Å². The van der Waals surface area contributed by atoms with Crippen molar-refractivity contribution in [3.05, 3.63) is 11.6 Å². The van der Waals surface area contributed by atoms with Crippen molar-refractivity contribution in [2.45, 2.75) is 53.4 Å². The van der Waals surface area contributed by atoms with Gasteiger partial charge in [0.05, 0.1) is 0 Å². The molecule has 0 aliphatic heterocycles. The lowest BCUT2D eigenvalue weighted by atomic mass is 9.56. The molecule has 1 spiro atoms. The van der Waals surface area contributed by atoms with Crippen molar-refractivity contribution >= 4 is 0 Å². The molecule has 4 atom stereocenters. The van der Waals surface area contributed by atoms with E-state index < -0.39 is 0 Å². The molecule has 2 bridgehead atoms. The highest BCUT2D eigenvalue weighted by molar-refractivity contribution is 5.30. The fraction of sp³-hybridized carbons (Fsp3) is 0.867. The van der Waals surface area contributed by atoms with Crippen molar-refractivity contribution in [2.24, 2.45) is 28.6 Å². The first-order valence-corrected chi connectivity index (χ1v) is 6.67. The van der Waals surface area contributed by atoms with E-state index in [2.05, 4.69) is 33.8 Å². The quantitative estimate of drug-likeness (QED) is 0.513. The van der Waals surface area contributed by atoms with Crippen molar-refractivity contribution in [2.75, 3.05) is 0 Å². The summed E-state index contributed by atoms with van der Waals surface area (Å²) in [7, 11) is 0. The molecule has 0 nitrogen and oxygen atoms in total. The molecule has 0 aromatic heterocycles. The van der Waals surface area contributed by atoms with E-state index in [4.69, 9.17) is 0 Å². The van der Waals surface area contributed by atoms with Gasteiger partial charge in [0.1, 0.15) is 0 Å². The maximum absolute atomic E-state index is 2.56. The highest BCUT2D eigenvalue weighted by atomic mass is 14.7. The lowest BCUT2D eigenvalue weighted by Gasteiger charge is -2.48. The smallest absolute Gasteiger partial charge is 0.000604 e. The van der Waals surface area contributed by atoms with Gasteiger partial charge in [-0.1, -0.05) is 32.4 Å². The van der Waals surface area contributed by atoms with Gasteiger partial charge in [-0.3, -0.25) is 0 Å². The highest BCUT2D eigenvalue weighted by Crippen LogP contribution is 2.72. The molecule has 2 saturated carbocycles. The van der Waals surface area contributed by atoms with Crippen LogP contribution in [0.1, 0.15) is 53.4 Å². The summed E-state index contributed by atoms with van der Waals surface area (Å²) < 4.78 is 0. The number of allylic oxidation sites excluding steroid dienone is 2. The summed E-state index contributed by atoms with van der Waals surface area (Å²) in [6, 6.07) is 0. The van der Waals surface area contributed by atoms with E-state index in [1.54, 1.807) is 5.57 Å². The minimum absolute atomic E-state index is 0.571. The molecule has 3 aliphatic rings. The van der Waals surface area contributed by atoms with Crippen LogP contribution in [-0.2, 0) is 0 Å². The second-order valence-corrected chi connectivity index (χ2v) is 6.87. The van der Waals surface area contributed by atoms with Crippen molar-refractivity contribution in [3.63, 3.8) is 0 Å². The van der Waals surface area contributed by atoms with Crippen molar-refractivity contribution in [1.82, 2.24) is 0 Å². The second-order valence-electron chi connectivity index (χ2n) is 6.87. The molecule has 2 fully saturated rings. The predicted molar refractivity (Wildman–Crippen MR) is 64.6 cm³/mol. The topological polar surface area (TPSA) is 0 Å². The Balaban J connectivity index is 2.17. The van der Waals surface area contributed by atoms with Crippen LogP contribution in [0, 0.1) is 28.6 Å². The van der Waals surface area contributed by atoms with Crippen LogP contribution in [0.5, 0.6) is 0 Å². The number of rotatable bonds is 0. The summed E-state index contributed by atoms with van der Waals surface area (Å²) in [6.07, 6.45) is 8.34. The lowest BCUT2D eigenvalue weighted by Crippen LogP contribution is -2.41. The molecule has 3 rings (SSSR count). The lowest BCUT2D eigenvalue weighted by molar-refractivity contribution is 0.0786. The van der Waals surface area contributed by atoms with E-state index in [0.29, 0.717) is 10.8 Å². The van der Waals surface area contributed by atoms with Gasteiger partial charge in [0.25, 0.3) is 0 Å². The zero-order valence-corrected chi connectivity index (χ0v) is 10.6. The number of fused-ring (bicyclic) bond motifs is 1. The molecule has 15 heavy (non-hydrogen) atoms. The Morgan fingerprint density at radius 3 is 2.80 bits per heavy atom. The van der Waals surface area contributed by atoms with Crippen LogP contribution in [-0.4, -0.2) is 0 Å². The third-order valence-corrected chi connectivity index (χ3v) is 6.43. The van der Waals surface area contributed by atoms with E-state index in [-0.39, 0.29) is 0 Å². The van der Waals surface area contributed by atoms with Crippen LogP contribution in [0.3, 0.4) is 0 Å². The van der Waals surface area contributed by atoms with Gasteiger partial charge in [0, 0.05) is 0 Å². The molecular formula is C15H24. The third kappa shape index (κ3) is 0.905. The molecule has 0 radical (unpaired) electrons. The van der Waals surface area contributed by atoms with Crippen LogP contribution >= 0.6 is 0 Å². The van der Waals surface area contributed by atoms with E-state index in [9.17, 15) is 0 Å². The minimum atomic E-state index is 0.571. The Morgan fingerprint density at radius 1 is 1.33 bits per heavy atom. The average molecular weight is 204 g/mol. The SMILES string of the molecule is CC1=CC[C@@H]2C[C@H]3[C@@H](C)CC[C@]13C2(C)C. The average Bonchev–Trinajstić information content (AvgIpc) is 2.53. The summed E-state index contributed by atoms with van der Waals surface area (Å²) in [5.74, 6) is 2.93. The first-order valence-electron chi connectivity index (χ1n) is 6.67. The van der Waals surface area contributed by atoms with Gasteiger partial charge in [-0.05, 0) is 61.2 Å². The Bertz CT molecular complexity index is 323. The first-order chi connectivity index (χ1) is 7.00. The second kappa shape index (κ2) is 2.70. The largest absolute Gasteiger partial charge is 0.0847 e. The molecule has 0 unspecified atom stereocenters. The van der Waals surface area contributed by atoms with Crippen molar-refractivity contribution < 1.29 is 0 Å². The fourth-order valence-corrected chi connectivity index (χ4v) is 5.42. The summed E-state index contributed by atoms with van der Waals surface area (Å²) in [4.78, 5) is 0.